The fraction of sp³-hybridized carbons (Fsp3) is 0.421. The van der Waals surface area contributed by atoms with Crippen molar-refractivity contribution in [2.45, 2.75) is 38.6 Å². The smallest absolute Gasteiger partial charge is 0.180 e. The number of benzene rings is 1. The van der Waals surface area contributed by atoms with Crippen LogP contribution in [-0.2, 0) is 20.9 Å². The third-order valence-electron chi connectivity index (χ3n) is 3.51. The predicted molar refractivity (Wildman–Crippen MR) is 91.6 cm³/mol. The Balaban J connectivity index is 2.60. The van der Waals surface area contributed by atoms with Crippen molar-refractivity contribution in [3.05, 3.63) is 55.1 Å². The number of carbonyl (C=O) groups excluding carboxylic acids is 1. The van der Waals surface area contributed by atoms with E-state index in [1.165, 1.54) is 6.08 Å². The van der Waals surface area contributed by atoms with E-state index < -0.39 is 0 Å². The van der Waals surface area contributed by atoms with Crippen molar-refractivity contribution in [1.82, 2.24) is 0 Å². The van der Waals surface area contributed by atoms with E-state index in [0.29, 0.717) is 13.0 Å². The lowest BCUT2D eigenvalue weighted by Crippen LogP contribution is -2.32. The van der Waals surface area contributed by atoms with E-state index in [4.69, 9.17) is 14.2 Å². The number of hydrogen-bond acceptors (Lipinski definition) is 4. The molecule has 0 aromatic heterocycles. The highest BCUT2D eigenvalue weighted by Gasteiger charge is 2.21. The van der Waals surface area contributed by atoms with E-state index in [2.05, 4.69) is 13.2 Å². The Hall–Kier alpha value is -1.91. The third kappa shape index (κ3) is 6.80. The second-order valence-electron chi connectivity index (χ2n) is 5.15. The molecule has 4 nitrogen and oxygen atoms in total. The maximum atomic E-state index is 11.3. The Kier molecular flexibility index (Phi) is 8.95. The average molecular weight is 318 g/mol. The highest BCUT2D eigenvalue weighted by Crippen LogP contribution is 2.17. The Morgan fingerprint density at radius 1 is 1.17 bits per heavy atom. The fourth-order valence-electron chi connectivity index (χ4n) is 2.15. The molecule has 1 rings (SSSR count). The minimum Gasteiger partial charge on any atom is -0.497 e. The molecule has 0 aliphatic carbocycles. The monoisotopic (exact) mass is 318 g/mol. The lowest BCUT2D eigenvalue weighted by molar-refractivity contribution is -0.126. The number of rotatable bonds is 12. The molecular weight excluding hydrogens is 292 g/mol. The van der Waals surface area contributed by atoms with Crippen LogP contribution in [0.4, 0.5) is 0 Å². The first kappa shape index (κ1) is 19.1. The van der Waals surface area contributed by atoms with E-state index >= 15 is 0 Å². The summed E-state index contributed by atoms with van der Waals surface area (Å²) >= 11 is 0. The number of hydrogen-bond donors (Lipinski definition) is 0. The first-order chi connectivity index (χ1) is 11.1. The second-order valence-corrected chi connectivity index (χ2v) is 5.15. The van der Waals surface area contributed by atoms with Gasteiger partial charge in [0.2, 0.25) is 0 Å². The summed E-state index contributed by atoms with van der Waals surface area (Å²) in [6, 6.07) is 7.74. The second kappa shape index (κ2) is 10.8. The van der Waals surface area contributed by atoms with Gasteiger partial charge in [-0.1, -0.05) is 31.7 Å². The van der Waals surface area contributed by atoms with Gasteiger partial charge in [-0.05, 0) is 36.6 Å². The average Bonchev–Trinajstić information content (AvgIpc) is 2.60. The highest BCUT2D eigenvalue weighted by molar-refractivity contribution is 5.90. The van der Waals surface area contributed by atoms with E-state index in [-0.39, 0.29) is 24.6 Å². The maximum absolute atomic E-state index is 11.3. The van der Waals surface area contributed by atoms with Gasteiger partial charge in [0.25, 0.3) is 0 Å². The van der Waals surface area contributed by atoms with Gasteiger partial charge in [0.1, 0.15) is 12.4 Å². The van der Waals surface area contributed by atoms with Crippen molar-refractivity contribution in [1.29, 1.82) is 0 Å². The standard InChI is InChI=1S/C19H26O4/c1-5-8-19(23-14-16(20)6-2)18(7-3)22-13-15-9-11-17(21-4)12-10-15/h5-6,9-12,18-19H,1-2,7-8,13-14H2,3-4H3/t18-,19-/m1/s1. The fourth-order valence-corrected chi connectivity index (χ4v) is 2.15. The van der Waals surface area contributed by atoms with Crippen LogP contribution < -0.4 is 4.74 Å². The van der Waals surface area contributed by atoms with Gasteiger partial charge >= 0.3 is 0 Å². The minimum absolute atomic E-state index is 0.0183. The molecule has 0 aliphatic heterocycles. The summed E-state index contributed by atoms with van der Waals surface area (Å²) in [6.07, 6.45) is 4.17. The van der Waals surface area contributed by atoms with E-state index in [1.54, 1.807) is 13.2 Å². The molecule has 126 valence electrons. The Morgan fingerprint density at radius 2 is 1.87 bits per heavy atom. The molecule has 4 heteroatoms. The van der Waals surface area contributed by atoms with Crippen molar-refractivity contribution < 1.29 is 19.0 Å². The lowest BCUT2D eigenvalue weighted by Gasteiger charge is -2.25. The zero-order valence-electron chi connectivity index (χ0n) is 14.0. The molecule has 1 aromatic rings. The van der Waals surface area contributed by atoms with Crippen LogP contribution in [0, 0.1) is 0 Å². The molecular formula is C19H26O4. The van der Waals surface area contributed by atoms with Crippen molar-refractivity contribution >= 4 is 5.78 Å². The van der Waals surface area contributed by atoms with Gasteiger partial charge in [0, 0.05) is 0 Å². The summed E-state index contributed by atoms with van der Waals surface area (Å²) < 4.78 is 16.8. The summed E-state index contributed by atoms with van der Waals surface area (Å²) in [5.74, 6) is 0.681. The maximum Gasteiger partial charge on any atom is 0.180 e. The van der Waals surface area contributed by atoms with E-state index in [9.17, 15) is 4.79 Å². The molecule has 0 saturated heterocycles. The Bertz CT molecular complexity index is 493. The molecule has 0 amide bonds. The van der Waals surface area contributed by atoms with Gasteiger partial charge in [-0.2, -0.15) is 0 Å². The molecule has 2 atom stereocenters. The summed E-state index contributed by atoms with van der Waals surface area (Å²) in [7, 11) is 1.64. The van der Waals surface area contributed by atoms with Crippen LogP contribution in [0.25, 0.3) is 0 Å². The van der Waals surface area contributed by atoms with Crippen LogP contribution in [0.2, 0.25) is 0 Å². The highest BCUT2D eigenvalue weighted by atomic mass is 16.5. The van der Waals surface area contributed by atoms with Gasteiger partial charge in [0.15, 0.2) is 5.78 Å². The van der Waals surface area contributed by atoms with Gasteiger partial charge in [-0.15, -0.1) is 6.58 Å². The van der Waals surface area contributed by atoms with E-state index in [1.807, 2.05) is 31.2 Å². The van der Waals surface area contributed by atoms with Crippen LogP contribution in [-0.4, -0.2) is 31.7 Å². The van der Waals surface area contributed by atoms with Crippen molar-refractivity contribution in [3.63, 3.8) is 0 Å². The van der Waals surface area contributed by atoms with Gasteiger partial charge in [0.05, 0.1) is 25.9 Å². The van der Waals surface area contributed by atoms with Gasteiger partial charge < -0.3 is 14.2 Å². The quantitative estimate of drug-likeness (QED) is 0.435. The van der Waals surface area contributed by atoms with E-state index in [0.717, 1.165) is 17.7 Å². The summed E-state index contributed by atoms with van der Waals surface area (Å²) in [4.78, 5) is 11.3. The number of ether oxygens (including phenoxy) is 3. The Labute approximate surface area is 138 Å². The molecule has 0 heterocycles. The van der Waals surface area contributed by atoms with Crippen molar-refractivity contribution in [2.75, 3.05) is 13.7 Å². The SMILES string of the molecule is C=CC[C@@H](OCC(=O)C=C)[C@@H](CC)OCc1ccc(OC)cc1. The normalized spacial score (nSPS) is 13.1. The number of methoxy groups -OCH3 is 1. The summed E-state index contributed by atoms with van der Waals surface area (Å²) in [5, 5.41) is 0. The molecule has 0 aliphatic rings. The van der Waals surface area contributed by atoms with Gasteiger partial charge in [-0.3, -0.25) is 4.79 Å². The molecule has 0 fully saturated rings. The van der Waals surface area contributed by atoms with Gasteiger partial charge in [-0.25, -0.2) is 0 Å². The first-order valence-corrected chi connectivity index (χ1v) is 7.76. The lowest BCUT2D eigenvalue weighted by atomic mass is 10.1. The zero-order chi connectivity index (χ0) is 17.1. The van der Waals surface area contributed by atoms with Crippen LogP contribution in [0.5, 0.6) is 5.75 Å². The largest absolute Gasteiger partial charge is 0.497 e. The predicted octanol–water partition coefficient (Wildman–Crippen LogP) is 3.71. The Morgan fingerprint density at radius 3 is 2.39 bits per heavy atom. The van der Waals surface area contributed by atoms with Crippen LogP contribution in [0.15, 0.2) is 49.6 Å². The van der Waals surface area contributed by atoms with Crippen LogP contribution in [0.3, 0.4) is 0 Å². The van der Waals surface area contributed by atoms with Crippen LogP contribution in [0.1, 0.15) is 25.3 Å². The number of carbonyl (C=O) groups is 1. The summed E-state index contributed by atoms with van der Waals surface area (Å²) in [6.45, 7) is 9.73. The molecule has 0 N–H and O–H groups in total. The minimum atomic E-state index is -0.195. The van der Waals surface area contributed by atoms with Crippen molar-refractivity contribution in [3.8, 4) is 5.75 Å². The zero-order valence-corrected chi connectivity index (χ0v) is 14.0. The molecule has 0 unspecified atom stereocenters. The first-order valence-electron chi connectivity index (χ1n) is 7.76. The molecule has 0 bridgehead atoms. The molecule has 0 saturated carbocycles. The van der Waals surface area contributed by atoms with Crippen molar-refractivity contribution in [2.24, 2.45) is 0 Å². The summed E-state index contributed by atoms with van der Waals surface area (Å²) in [5.41, 5.74) is 1.06. The molecule has 0 spiro atoms. The molecule has 23 heavy (non-hydrogen) atoms. The number of ketones is 1. The topological polar surface area (TPSA) is 44.8 Å². The molecule has 1 aromatic carbocycles. The molecule has 0 radical (unpaired) electrons. The third-order valence-corrected chi connectivity index (χ3v) is 3.51. The van der Waals surface area contributed by atoms with Crippen LogP contribution >= 0.6 is 0 Å².